The summed E-state index contributed by atoms with van der Waals surface area (Å²) in [6, 6.07) is 8.19. The van der Waals surface area contributed by atoms with Gasteiger partial charge >= 0.3 is 0 Å². The summed E-state index contributed by atoms with van der Waals surface area (Å²) in [5.41, 5.74) is 3.41. The Bertz CT molecular complexity index is 972. The lowest BCUT2D eigenvalue weighted by molar-refractivity contribution is -0.00689. The molecule has 0 heterocycles. The topological polar surface area (TPSA) is 40.5 Å². The Morgan fingerprint density at radius 1 is 0.500 bits per heavy atom. The van der Waals surface area contributed by atoms with Crippen molar-refractivity contribution in [2.75, 3.05) is 0 Å². The molecule has 2 aromatic carbocycles. The third-order valence-electron chi connectivity index (χ3n) is 11.2. The van der Waals surface area contributed by atoms with Gasteiger partial charge in [-0.25, -0.2) is 0 Å². The highest BCUT2D eigenvalue weighted by atomic mass is 16.3. The van der Waals surface area contributed by atoms with E-state index < -0.39 is 0 Å². The molecule has 8 bridgehead atoms. The molecule has 0 radical (unpaired) electrons. The van der Waals surface area contributed by atoms with E-state index in [4.69, 9.17) is 0 Å². The normalized spacial score (nSPS) is 45.8. The zero-order valence-electron chi connectivity index (χ0n) is 19.2. The van der Waals surface area contributed by atoms with Crippen molar-refractivity contribution >= 4 is 10.8 Å². The summed E-state index contributed by atoms with van der Waals surface area (Å²) in [6.45, 7) is 0. The Morgan fingerprint density at radius 3 is 1.12 bits per heavy atom. The lowest BCUT2D eigenvalue weighted by Crippen LogP contribution is -2.50. The lowest BCUT2D eigenvalue weighted by atomic mass is 9.46. The van der Waals surface area contributed by atoms with Crippen LogP contribution in [0.5, 0.6) is 11.5 Å². The summed E-state index contributed by atoms with van der Waals surface area (Å²) < 4.78 is 0. The first kappa shape index (κ1) is 18.7. The van der Waals surface area contributed by atoms with E-state index in [9.17, 15) is 10.2 Å². The van der Waals surface area contributed by atoms with Gasteiger partial charge in [0.25, 0.3) is 0 Å². The molecule has 2 heteroatoms. The average Bonchev–Trinajstić information content (AvgIpc) is 2.70. The molecule has 0 saturated heterocycles. The van der Waals surface area contributed by atoms with Gasteiger partial charge in [-0.3, -0.25) is 0 Å². The third-order valence-corrected chi connectivity index (χ3v) is 11.2. The van der Waals surface area contributed by atoms with E-state index in [0.717, 1.165) is 40.9 Å². The molecule has 0 amide bonds. The SMILES string of the molecule is Oc1cc(C23CC4CC(CC(C4)C2)C3)c2c(C34CC5CC(CC(C5)C3)C4)cc(O)cc2c1. The number of fused-ring (bicyclic) bond motifs is 1. The summed E-state index contributed by atoms with van der Waals surface area (Å²) >= 11 is 0. The number of phenolic OH excluding ortho intramolecular Hbond substituents is 2. The number of hydrogen-bond donors (Lipinski definition) is 2. The summed E-state index contributed by atoms with van der Waals surface area (Å²) in [7, 11) is 0. The van der Waals surface area contributed by atoms with E-state index in [1.54, 1.807) is 0 Å². The van der Waals surface area contributed by atoms with Crippen LogP contribution in [-0.2, 0) is 10.8 Å². The van der Waals surface area contributed by atoms with Gasteiger partial charge in [0.1, 0.15) is 11.5 Å². The van der Waals surface area contributed by atoms with Gasteiger partial charge in [-0.1, -0.05) is 0 Å². The molecule has 0 unspecified atom stereocenters. The van der Waals surface area contributed by atoms with Crippen molar-refractivity contribution in [3.8, 4) is 11.5 Å². The molecule has 0 aromatic heterocycles. The Labute approximate surface area is 191 Å². The molecule has 168 valence electrons. The Morgan fingerprint density at radius 2 is 0.812 bits per heavy atom. The fourth-order valence-electron chi connectivity index (χ4n) is 11.2. The molecule has 2 aromatic rings. The predicted molar refractivity (Wildman–Crippen MR) is 127 cm³/mol. The average molecular weight is 429 g/mol. The first-order chi connectivity index (χ1) is 15.5. The van der Waals surface area contributed by atoms with Crippen molar-refractivity contribution < 1.29 is 10.2 Å². The number of aromatic hydroxyl groups is 2. The number of hydrogen-bond acceptors (Lipinski definition) is 2. The van der Waals surface area contributed by atoms with E-state index in [2.05, 4.69) is 12.1 Å². The van der Waals surface area contributed by atoms with Gasteiger partial charge in [0.15, 0.2) is 0 Å². The molecular formula is C30H36O2. The van der Waals surface area contributed by atoms with Crippen molar-refractivity contribution in [1.82, 2.24) is 0 Å². The highest BCUT2D eigenvalue weighted by Gasteiger charge is 2.55. The zero-order valence-corrected chi connectivity index (χ0v) is 19.2. The molecule has 8 aliphatic carbocycles. The molecule has 8 fully saturated rings. The van der Waals surface area contributed by atoms with Gasteiger partial charge < -0.3 is 10.2 Å². The highest BCUT2D eigenvalue weighted by molar-refractivity contribution is 5.93. The molecule has 8 saturated carbocycles. The van der Waals surface area contributed by atoms with E-state index >= 15 is 0 Å². The van der Waals surface area contributed by atoms with Crippen LogP contribution in [0.1, 0.15) is 88.2 Å². The molecule has 32 heavy (non-hydrogen) atoms. The molecule has 10 rings (SSSR count). The van der Waals surface area contributed by atoms with Gasteiger partial charge in [0, 0.05) is 0 Å². The fourth-order valence-corrected chi connectivity index (χ4v) is 11.2. The van der Waals surface area contributed by atoms with Crippen LogP contribution < -0.4 is 0 Å². The van der Waals surface area contributed by atoms with Gasteiger partial charge in [-0.15, -0.1) is 0 Å². The summed E-state index contributed by atoms with van der Waals surface area (Å²) in [6.07, 6.45) is 16.6. The van der Waals surface area contributed by atoms with E-state index in [1.807, 2.05) is 12.1 Å². The number of phenols is 2. The summed E-state index contributed by atoms with van der Waals surface area (Å²) in [5.74, 6) is 6.11. The first-order valence-corrected chi connectivity index (χ1v) is 13.5. The van der Waals surface area contributed by atoms with Crippen molar-refractivity contribution in [3.63, 3.8) is 0 Å². The van der Waals surface area contributed by atoms with Crippen LogP contribution in [0.25, 0.3) is 10.8 Å². The molecule has 2 nitrogen and oxygen atoms in total. The van der Waals surface area contributed by atoms with Crippen molar-refractivity contribution in [2.24, 2.45) is 35.5 Å². The van der Waals surface area contributed by atoms with Crippen LogP contribution >= 0.6 is 0 Å². The minimum atomic E-state index is 0.250. The summed E-state index contributed by atoms with van der Waals surface area (Å²) in [4.78, 5) is 0. The Kier molecular flexibility index (Phi) is 3.53. The molecule has 8 aliphatic rings. The number of rotatable bonds is 2. The van der Waals surface area contributed by atoms with Crippen LogP contribution in [0.15, 0.2) is 24.3 Å². The van der Waals surface area contributed by atoms with Crippen LogP contribution in [0, 0.1) is 35.5 Å². The highest BCUT2D eigenvalue weighted by Crippen LogP contribution is 2.65. The second-order valence-corrected chi connectivity index (χ2v) is 13.5. The van der Waals surface area contributed by atoms with Gasteiger partial charge in [-0.05, 0) is 170 Å². The van der Waals surface area contributed by atoms with Crippen molar-refractivity contribution in [3.05, 3.63) is 35.4 Å². The lowest BCUT2D eigenvalue weighted by Gasteiger charge is -2.59. The largest absolute Gasteiger partial charge is 0.508 e. The predicted octanol–water partition coefficient (Wildman–Crippen LogP) is 7.19. The van der Waals surface area contributed by atoms with Gasteiger partial charge in [-0.2, -0.15) is 0 Å². The van der Waals surface area contributed by atoms with E-state index in [0.29, 0.717) is 11.5 Å². The van der Waals surface area contributed by atoms with Crippen LogP contribution in [0.2, 0.25) is 0 Å². The monoisotopic (exact) mass is 428 g/mol. The minimum Gasteiger partial charge on any atom is -0.508 e. The molecule has 2 N–H and O–H groups in total. The fraction of sp³-hybridized carbons (Fsp3) is 0.667. The molecule has 0 spiro atoms. The van der Waals surface area contributed by atoms with Gasteiger partial charge in [0.05, 0.1) is 0 Å². The van der Waals surface area contributed by atoms with Crippen LogP contribution in [0.4, 0.5) is 0 Å². The Balaban J connectivity index is 1.38. The molecular weight excluding hydrogens is 392 g/mol. The molecule has 0 aliphatic heterocycles. The maximum atomic E-state index is 10.8. The van der Waals surface area contributed by atoms with E-state index in [-0.39, 0.29) is 10.8 Å². The third kappa shape index (κ3) is 2.48. The quantitative estimate of drug-likeness (QED) is 0.531. The Hall–Kier alpha value is -1.70. The van der Waals surface area contributed by atoms with Crippen LogP contribution in [-0.4, -0.2) is 10.2 Å². The second kappa shape index (κ2) is 6.05. The first-order valence-electron chi connectivity index (χ1n) is 13.5. The van der Waals surface area contributed by atoms with Gasteiger partial charge in [0.2, 0.25) is 0 Å². The smallest absolute Gasteiger partial charge is 0.116 e. The van der Waals surface area contributed by atoms with Crippen molar-refractivity contribution in [2.45, 2.75) is 87.9 Å². The van der Waals surface area contributed by atoms with E-state index in [1.165, 1.54) is 93.6 Å². The van der Waals surface area contributed by atoms with Crippen molar-refractivity contribution in [1.29, 1.82) is 0 Å². The minimum absolute atomic E-state index is 0.250. The zero-order chi connectivity index (χ0) is 21.2. The van der Waals surface area contributed by atoms with Crippen LogP contribution in [0.3, 0.4) is 0 Å². The second-order valence-electron chi connectivity index (χ2n) is 13.5. The number of benzene rings is 2. The maximum Gasteiger partial charge on any atom is 0.116 e. The summed E-state index contributed by atoms with van der Waals surface area (Å²) in [5, 5.41) is 24.2. The maximum absolute atomic E-state index is 10.8. The molecule has 0 atom stereocenters. The standard InChI is InChI=1S/C30H36O2/c31-24-7-23-8-25(32)10-27(30-14-20-4-21(15-30)6-22(5-20)16-30)28(23)26(9-24)29-11-17-1-18(12-29)3-19(2-17)13-29/h7-10,17-22,31-32H,1-6,11-16H2.